The van der Waals surface area contributed by atoms with E-state index in [1.165, 1.54) is 6.26 Å². The molecule has 1 aliphatic carbocycles. The van der Waals surface area contributed by atoms with E-state index in [4.69, 9.17) is 14.2 Å². The van der Waals surface area contributed by atoms with Gasteiger partial charge in [0, 0.05) is 18.8 Å². The van der Waals surface area contributed by atoms with Crippen molar-refractivity contribution in [3.05, 3.63) is 84.6 Å². The molecule has 1 saturated carbocycles. The fourth-order valence-electron chi connectivity index (χ4n) is 4.18. The first-order chi connectivity index (χ1) is 15.2. The second kappa shape index (κ2) is 8.22. The molecule has 0 radical (unpaired) electrons. The predicted molar refractivity (Wildman–Crippen MR) is 113 cm³/mol. The summed E-state index contributed by atoms with van der Waals surface area (Å²) in [5, 5.41) is 2.15. The van der Waals surface area contributed by atoms with Crippen LogP contribution in [-0.2, 0) is 14.3 Å². The fourth-order valence-corrected chi connectivity index (χ4v) is 4.18. The van der Waals surface area contributed by atoms with Crippen LogP contribution in [0.15, 0.2) is 79.0 Å². The molecule has 1 fully saturated rings. The van der Waals surface area contributed by atoms with Crippen LogP contribution in [0.1, 0.15) is 29.6 Å². The van der Waals surface area contributed by atoms with Crippen LogP contribution < -0.4 is 4.74 Å². The number of benzene rings is 2. The Hall–Kier alpha value is -3.67. The quantitative estimate of drug-likeness (QED) is 0.586. The number of nitrogens with zero attached hydrogens (tertiary/aromatic N) is 1. The molecular weight excluding hydrogens is 394 g/mol. The van der Waals surface area contributed by atoms with Gasteiger partial charge in [0.05, 0.1) is 11.5 Å². The number of aromatic nitrogens is 1. The highest BCUT2D eigenvalue weighted by atomic mass is 16.6. The number of pyridine rings is 1. The molecule has 1 aliphatic heterocycles. The number of ketones is 1. The van der Waals surface area contributed by atoms with Crippen LogP contribution in [0.4, 0.5) is 0 Å². The highest BCUT2D eigenvalue weighted by Gasteiger charge is 2.42. The molecular formula is C25H21NO5. The second-order valence-electron chi connectivity index (χ2n) is 7.81. The van der Waals surface area contributed by atoms with Crippen molar-refractivity contribution in [1.82, 2.24) is 4.98 Å². The topological polar surface area (TPSA) is 74.7 Å². The Labute approximate surface area is 179 Å². The summed E-state index contributed by atoms with van der Waals surface area (Å²) in [6.45, 7) is 0. The van der Waals surface area contributed by atoms with E-state index in [1.807, 2.05) is 42.5 Å². The summed E-state index contributed by atoms with van der Waals surface area (Å²) in [4.78, 5) is 29.2. The number of carbonyl (C=O) groups excluding carboxylic acids is 2. The lowest BCUT2D eigenvalue weighted by atomic mass is 9.80. The molecule has 2 aromatic carbocycles. The molecule has 2 heterocycles. The van der Waals surface area contributed by atoms with E-state index in [0.717, 1.165) is 10.8 Å². The van der Waals surface area contributed by atoms with Crippen LogP contribution in [0.3, 0.4) is 0 Å². The van der Waals surface area contributed by atoms with Crippen molar-refractivity contribution < 1.29 is 23.8 Å². The Morgan fingerprint density at radius 3 is 2.65 bits per heavy atom. The van der Waals surface area contributed by atoms with Gasteiger partial charge >= 0.3 is 5.97 Å². The molecule has 6 heteroatoms. The molecule has 3 atom stereocenters. The van der Waals surface area contributed by atoms with E-state index in [9.17, 15) is 9.59 Å². The Morgan fingerprint density at radius 1 is 1.00 bits per heavy atom. The molecule has 0 bridgehead atoms. The van der Waals surface area contributed by atoms with Gasteiger partial charge in [-0.05, 0) is 47.9 Å². The van der Waals surface area contributed by atoms with Crippen LogP contribution in [0.25, 0.3) is 10.8 Å². The highest BCUT2D eigenvalue weighted by Crippen LogP contribution is 2.35. The van der Waals surface area contributed by atoms with Crippen molar-refractivity contribution in [2.45, 2.75) is 31.5 Å². The molecule has 6 nitrogen and oxygen atoms in total. The lowest BCUT2D eigenvalue weighted by molar-refractivity contribution is -0.132. The number of allylic oxidation sites excluding steroid dienone is 1. The van der Waals surface area contributed by atoms with Crippen LogP contribution in [-0.4, -0.2) is 28.9 Å². The minimum absolute atomic E-state index is 0.0664. The van der Waals surface area contributed by atoms with Gasteiger partial charge in [0.25, 0.3) is 0 Å². The molecule has 0 amide bonds. The SMILES string of the molecule is O=C(OC1CCC2C(=O)C(Oc3ccc4ccccc4c3)=COC2C1)c1ccncc1. The van der Waals surface area contributed by atoms with Crippen molar-refractivity contribution in [2.75, 3.05) is 0 Å². The third kappa shape index (κ3) is 4.01. The number of hydrogen-bond donors (Lipinski definition) is 0. The summed E-state index contributed by atoms with van der Waals surface area (Å²) < 4.78 is 17.3. The zero-order chi connectivity index (χ0) is 21.2. The summed E-state index contributed by atoms with van der Waals surface area (Å²) in [7, 11) is 0. The maximum Gasteiger partial charge on any atom is 0.338 e. The third-order valence-electron chi connectivity index (χ3n) is 5.81. The third-order valence-corrected chi connectivity index (χ3v) is 5.81. The number of fused-ring (bicyclic) bond motifs is 2. The minimum Gasteiger partial charge on any atom is -0.493 e. The molecule has 0 N–H and O–H groups in total. The molecule has 0 spiro atoms. The number of carbonyl (C=O) groups is 2. The highest BCUT2D eigenvalue weighted by molar-refractivity contribution is 5.97. The minimum atomic E-state index is -0.385. The number of ether oxygens (including phenoxy) is 3. The smallest absolute Gasteiger partial charge is 0.338 e. The van der Waals surface area contributed by atoms with Gasteiger partial charge < -0.3 is 14.2 Å². The molecule has 5 rings (SSSR count). The maximum atomic E-state index is 13.0. The Morgan fingerprint density at radius 2 is 1.81 bits per heavy atom. The fraction of sp³-hybridized carbons (Fsp3) is 0.240. The van der Waals surface area contributed by atoms with Gasteiger partial charge in [-0.25, -0.2) is 4.79 Å². The van der Waals surface area contributed by atoms with Crippen molar-refractivity contribution in [2.24, 2.45) is 5.92 Å². The summed E-state index contributed by atoms with van der Waals surface area (Å²) >= 11 is 0. The van der Waals surface area contributed by atoms with Crippen LogP contribution in [0.5, 0.6) is 5.75 Å². The largest absolute Gasteiger partial charge is 0.493 e. The van der Waals surface area contributed by atoms with E-state index in [1.54, 1.807) is 24.5 Å². The van der Waals surface area contributed by atoms with E-state index in [2.05, 4.69) is 4.98 Å². The molecule has 3 aromatic rings. The number of hydrogen-bond acceptors (Lipinski definition) is 6. The van der Waals surface area contributed by atoms with Crippen LogP contribution in [0.2, 0.25) is 0 Å². The van der Waals surface area contributed by atoms with Gasteiger partial charge in [-0.2, -0.15) is 0 Å². The Balaban J connectivity index is 1.24. The average molecular weight is 415 g/mol. The zero-order valence-corrected chi connectivity index (χ0v) is 16.8. The average Bonchev–Trinajstić information content (AvgIpc) is 2.81. The summed E-state index contributed by atoms with van der Waals surface area (Å²) in [5.74, 6) is 0.0626. The number of esters is 1. The maximum absolute atomic E-state index is 13.0. The first kappa shape index (κ1) is 19.3. The van der Waals surface area contributed by atoms with Crippen LogP contribution >= 0.6 is 0 Å². The van der Waals surface area contributed by atoms with E-state index in [0.29, 0.717) is 30.6 Å². The van der Waals surface area contributed by atoms with Crippen molar-refractivity contribution in [3.63, 3.8) is 0 Å². The van der Waals surface area contributed by atoms with Gasteiger partial charge in [-0.3, -0.25) is 9.78 Å². The standard InChI is InChI=1S/C25H21NO5/c27-24-21-8-7-20(31-25(28)17-9-11-26-12-10-17)14-22(21)29-15-23(24)30-19-6-5-16-3-1-2-4-18(16)13-19/h1-6,9-13,15,20-22H,7-8,14H2. The van der Waals surface area contributed by atoms with Gasteiger partial charge in [0.1, 0.15) is 24.2 Å². The Kier molecular flexibility index (Phi) is 5.12. The molecule has 156 valence electrons. The lowest BCUT2D eigenvalue weighted by Crippen LogP contribution is -2.43. The van der Waals surface area contributed by atoms with E-state index >= 15 is 0 Å². The normalized spacial score (nSPS) is 22.8. The summed E-state index contributed by atoms with van der Waals surface area (Å²) in [5.41, 5.74) is 0.462. The van der Waals surface area contributed by atoms with E-state index < -0.39 is 0 Å². The first-order valence-corrected chi connectivity index (χ1v) is 10.3. The Bertz CT molecular complexity index is 1160. The van der Waals surface area contributed by atoms with Crippen molar-refractivity contribution in [3.8, 4) is 5.75 Å². The van der Waals surface area contributed by atoms with Gasteiger partial charge in [0.2, 0.25) is 11.5 Å². The summed E-state index contributed by atoms with van der Waals surface area (Å²) in [6, 6.07) is 16.9. The lowest BCUT2D eigenvalue weighted by Gasteiger charge is -2.36. The van der Waals surface area contributed by atoms with Gasteiger partial charge in [-0.15, -0.1) is 0 Å². The van der Waals surface area contributed by atoms with Crippen molar-refractivity contribution >= 4 is 22.5 Å². The monoisotopic (exact) mass is 415 g/mol. The molecule has 1 aromatic heterocycles. The molecule has 31 heavy (non-hydrogen) atoms. The zero-order valence-electron chi connectivity index (χ0n) is 16.8. The van der Waals surface area contributed by atoms with E-state index in [-0.39, 0.29) is 35.6 Å². The predicted octanol–water partition coefficient (Wildman–Crippen LogP) is 4.45. The van der Waals surface area contributed by atoms with Crippen LogP contribution in [0, 0.1) is 5.92 Å². The molecule has 3 unspecified atom stereocenters. The first-order valence-electron chi connectivity index (χ1n) is 10.3. The van der Waals surface area contributed by atoms with Gasteiger partial charge in [-0.1, -0.05) is 30.3 Å². The number of rotatable bonds is 4. The second-order valence-corrected chi connectivity index (χ2v) is 7.81. The molecule has 0 saturated heterocycles. The van der Waals surface area contributed by atoms with Gasteiger partial charge in [0.15, 0.2) is 0 Å². The van der Waals surface area contributed by atoms with Crippen molar-refractivity contribution in [1.29, 1.82) is 0 Å². The molecule has 2 aliphatic rings. The summed E-state index contributed by atoms with van der Waals surface area (Å²) in [6.07, 6.45) is 5.56. The number of Topliss-reactive ketones (excluding diaryl/α,β-unsaturated/α-hetero) is 1.